The smallest absolute Gasteiger partial charge is 0.248 e. The molecule has 1 unspecified atom stereocenters. The van der Waals surface area contributed by atoms with Gasteiger partial charge >= 0.3 is 0 Å². The highest BCUT2D eigenvalue weighted by atomic mass is 32.2. The molecule has 3 aromatic carbocycles. The van der Waals surface area contributed by atoms with Crippen molar-refractivity contribution in [1.82, 2.24) is 0 Å². The van der Waals surface area contributed by atoms with Crippen molar-refractivity contribution in [2.75, 3.05) is 10.6 Å². The lowest BCUT2D eigenvalue weighted by Crippen LogP contribution is -2.26. The second-order valence-corrected chi connectivity index (χ2v) is 8.38. The first-order valence-electron chi connectivity index (χ1n) is 10.2. The van der Waals surface area contributed by atoms with Crippen molar-refractivity contribution in [2.24, 2.45) is 0 Å². The summed E-state index contributed by atoms with van der Waals surface area (Å²) in [6, 6.07) is 16.0. The zero-order valence-electron chi connectivity index (χ0n) is 17.9. The molecule has 2 amide bonds. The maximum atomic E-state index is 13.9. The quantitative estimate of drug-likeness (QED) is 0.167. The molecular formula is C25H20F4N2O2S. The largest absolute Gasteiger partial charge is 0.322 e. The van der Waals surface area contributed by atoms with Crippen LogP contribution in [0.25, 0.3) is 6.08 Å². The number of hydrogen-bond donors (Lipinski definition) is 2. The molecule has 3 aromatic rings. The van der Waals surface area contributed by atoms with E-state index in [1.54, 1.807) is 37.3 Å². The van der Waals surface area contributed by atoms with Crippen molar-refractivity contribution in [2.45, 2.75) is 23.5 Å². The Morgan fingerprint density at radius 1 is 0.912 bits per heavy atom. The third-order valence-corrected chi connectivity index (χ3v) is 5.99. The second-order valence-electron chi connectivity index (χ2n) is 7.11. The normalized spacial score (nSPS) is 11.9. The molecule has 2 N–H and O–H groups in total. The van der Waals surface area contributed by atoms with Crippen molar-refractivity contribution in [1.29, 1.82) is 0 Å². The van der Waals surface area contributed by atoms with E-state index in [0.29, 0.717) is 10.6 Å². The second kappa shape index (κ2) is 11.5. The summed E-state index contributed by atoms with van der Waals surface area (Å²) in [5.41, 5.74) is 0.171. The Morgan fingerprint density at radius 2 is 1.59 bits per heavy atom. The van der Waals surface area contributed by atoms with Crippen LogP contribution in [0.3, 0.4) is 0 Å². The number of thioether (sulfide) groups is 1. The van der Waals surface area contributed by atoms with Crippen molar-refractivity contribution in [3.63, 3.8) is 0 Å². The number of benzene rings is 3. The van der Waals surface area contributed by atoms with Crippen LogP contribution in [0.2, 0.25) is 0 Å². The van der Waals surface area contributed by atoms with Crippen LogP contribution >= 0.6 is 11.8 Å². The highest BCUT2D eigenvalue weighted by molar-refractivity contribution is 8.00. The molecule has 4 nitrogen and oxygen atoms in total. The van der Waals surface area contributed by atoms with Gasteiger partial charge in [0.25, 0.3) is 0 Å². The number of anilines is 2. The maximum absolute atomic E-state index is 13.9. The van der Waals surface area contributed by atoms with E-state index in [9.17, 15) is 27.2 Å². The van der Waals surface area contributed by atoms with Gasteiger partial charge in [0.15, 0.2) is 23.3 Å². The summed E-state index contributed by atoms with van der Waals surface area (Å²) in [6.45, 7) is 1.68. The van der Waals surface area contributed by atoms with E-state index in [2.05, 4.69) is 5.32 Å². The molecule has 0 aliphatic carbocycles. The zero-order chi connectivity index (χ0) is 24.7. The number of carbonyl (C=O) groups is 2. The van der Waals surface area contributed by atoms with Crippen LogP contribution in [-0.4, -0.2) is 17.1 Å². The molecule has 34 heavy (non-hydrogen) atoms. The minimum atomic E-state index is -1.68. The van der Waals surface area contributed by atoms with Crippen molar-refractivity contribution in [3.8, 4) is 0 Å². The first-order chi connectivity index (χ1) is 16.3. The SMILES string of the molecule is CCC(Sc1cccc(NC(=O)/C=C/c2ccccc2)c1)C(=O)Nc1c(F)c(F)cc(F)c1F. The molecule has 176 valence electrons. The first-order valence-corrected chi connectivity index (χ1v) is 11.1. The number of carbonyl (C=O) groups excluding carboxylic acids is 2. The average Bonchev–Trinajstić information content (AvgIpc) is 2.83. The Hall–Kier alpha value is -3.59. The highest BCUT2D eigenvalue weighted by Crippen LogP contribution is 2.30. The molecule has 0 bridgehead atoms. The van der Waals surface area contributed by atoms with Gasteiger partial charge in [-0.1, -0.05) is 43.3 Å². The van der Waals surface area contributed by atoms with Crippen LogP contribution in [0.1, 0.15) is 18.9 Å². The van der Waals surface area contributed by atoms with Crippen LogP contribution in [0, 0.1) is 23.3 Å². The Kier molecular flexibility index (Phi) is 8.48. The lowest BCUT2D eigenvalue weighted by molar-refractivity contribution is -0.116. The van der Waals surface area contributed by atoms with Crippen LogP contribution < -0.4 is 10.6 Å². The van der Waals surface area contributed by atoms with E-state index >= 15 is 0 Å². The minimum Gasteiger partial charge on any atom is -0.322 e. The van der Waals surface area contributed by atoms with Gasteiger partial charge in [0.05, 0.1) is 5.25 Å². The molecule has 0 heterocycles. The summed E-state index contributed by atoms with van der Waals surface area (Å²) in [4.78, 5) is 25.4. The van der Waals surface area contributed by atoms with E-state index < -0.39 is 40.1 Å². The van der Waals surface area contributed by atoms with Gasteiger partial charge in [-0.05, 0) is 36.3 Å². The van der Waals surface area contributed by atoms with Gasteiger partial charge in [-0.3, -0.25) is 9.59 Å². The molecule has 1 atom stereocenters. The van der Waals surface area contributed by atoms with E-state index in [1.807, 2.05) is 35.6 Å². The van der Waals surface area contributed by atoms with Crippen molar-refractivity contribution < 1.29 is 27.2 Å². The molecule has 0 aromatic heterocycles. The third kappa shape index (κ3) is 6.48. The Labute approximate surface area is 198 Å². The summed E-state index contributed by atoms with van der Waals surface area (Å²) >= 11 is 1.07. The monoisotopic (exact) mass is 488 g/mol. The minimum absolute atomic E-state index is 0.0706. The number of hydrogen-bond acceptors (Lipinski definition) is 3. The first kappa shape index (κ1) is 25.0. The Bertz CT molecular complexity index is 1190. The molecule has 0 saturated carbocycles. The lowest BCUT2D eigenvalue weighted by atomic mass is 10.2. The molecule has 3 rings (SSSR count). The molecule has 9 heteroatoms. The Balaban J connectivity index is 1.67. The van der Waals surface area contributed by atoms with Crippen LogP contribution in [0.15, 0.2) is 71.6 Å². The topological polar surface area (TPSA) is 58.2 Å². The third-order valence-electron chi connectivity index (χ3n) is 4.63. The Morgan fingerprint density at radius 3 is 2.24 bits per heavy atom. The number of halogens is 4. The van der Waals surface area contributed by atoms with Gasteiger partial charge in [-0.2, -0.15) is 0 Å². The average molecular weight is 489 g/mol. The fraction of sp³-hybridized carbons (Fsp3) is 0.120. The van der Waals surface area contributed by atoms with Gasteiger partial charge in [0, 0.05) is 22.7 Å². The van der Waals surface area contributed by atoms with E-state index in [-0.39, 0.29) is 18.4 Å². The predicted octanol–water partition coefficient (Wildman–Crippen LogP) is 6.40. The van der Waals surface area contributed by atoms with E-state index in [0.717, 1.165) is 17.3 Å². The van der Waals surface area contributed by atoms with Crippen molar-refractivity contribution in [3.05, 3.63) is 95.6 Å². The van der Waals surface area contributed by atoms with Crippen LogP contribution in [0.5, 0.6) is 0 Å². The van der Waals surface area contributed by atoms with Crippen LogP contribution in [0.4, 0.5) is 28.9 Å². The maximum Gasteiger partial charge on any atom is 0.248 e. The lowest BCUT2D eigenvalue weighted by Gasteiger charge is -2.16. The summed E-state index contributed by atoms with van der Waals surface area (Å²) in [7, 11) is 0. The van der Waals surface area contributed by atoms with Gasteiger partial charge in [-0.25, -0.2) is 17.6 Å². The standard InChI is InChI=1S/C25H20F4N2O2S/c1-2-20(25(33)31-24-22(28)18(26)14-19(27)23(24)29)34-17-10-6-9-16(13-17)30-21(32)12-11-15-7-4-3-5-8-15/h3-14,20H,2H2,1H3,(H,30,32)(H,31,33)/b12-11+. The fourth-order valence-corrected chi connectivity index (χ4v) is 3.95. The van der Waals surface area contributed by atoms with Gasteiger partial charge in [-0.15, -0.1) is 11.8 Å². The zero-order valence-corrected chi connectivity index (χ0v) is 18.8. The number of nitrogens with one attached hydrogen (secondary N) is 2. The van der Waals surface area contributed by atoms with E-state index in [1.165, 1.54) is 6.08 Å². The van der Waals surface area contributed by atoms with Gasteiger partial charge in [0.2, 0.25) is 11.8 Å². The fourth-order valence-electron chi connectivity index (χ4n) is 2.94. The van der Waals surface area contributed by atoms with Gasteiger partial charge < -0.3 is 10.6 Å². The highest BCUT2D eigenvalue weighted by Gasteiger charge is 2.25. The number of amides is 2. The van der Waals surface area contributed by atoms with Crippen molar-refractivity contribution >= 4 is 41.0 Å². The molecular weight excluding hydrogens is 468 g/mol. The van der Waals surface area contributed by atoms with Gasteiger partial charge in [0.1, 0.15) is 5.69 Å². The van der Waals surface area contributed by atoms with E-state index in [4.69, 9.17) is 0 Å². The summed E-state index contributed by atoms with van der Waals surface area (Å²) in [5, 5.41) is 3.84. The summed E-state index contributed by atoms with van der Waals surface area (Å²) < 4.78 is 54.6. The molecule has 0 radical (unpaired) electrons. The molecule has 0 saturated heterocycles. The molecule has 0 aliphatic rings. The van der Waals surface area contributed by atoms with Crippen LogP contribution in [-0.2, 0) is 9.59 Å². The number of rotatable bonds is 8. The molecule has 0 spiro atoms. The predicted molar refractivity (Wildman–Crippen MR) is 125 cm³/mol. The molecule has 0 aliphatic heterocycles. The molecule has 0 fully saturated rings. The summed E-state index contributed by atoms with van der Waals surface area (Å²) in [5.74, 6) is -7.76. The summed E-state index contributed by atoms with van der Waals surface area (Å²) in [6.07, 6.45) is 3.31.